The van der Waals surface area contributed by atoms with Crippen LogP contribution >= 0.6 is 28.3 Å². The maximum atomic E-state index is 12.2. The highest BCUT2D eigenvalue weighted by molar-refractivity contribution is 9.10. The maximum absolute atomic E-state index is 12.2. The Balaban J connectivity index is 0.00000147. The lowest BCUT2D eigenvalue weighted by Gasteiger charge is -2.34. The Morgan fingerprint density at radius 2 is 2.05 bits per heavy atom. The van der Waals surface area contributed by atoms with Crippen molar-refractivity contribution >= 4 is 34.2 Å². The molecule has 0 aliphatic carbocycles. The highest BCUT2D eigenvalue weighted by Gasteiger charge is 2.30. The summed E-state index contributed by atoms with van der Waals surface area (Å²) in [6.07, 6.45) is 4.80. The molecule has 3 heterocycles. The number of piperidine rings is 1. The summed E-state index contributed by atoms with van der Waals surface area (Å²) < 4.78 is 5.95. The molecule has 0 radical (unpaired) electrons. The van der Waals surface area contributed by atoms with Gasteiger partial charge in [-0.2, -0.15) is 0 Å². The summed E-state index contributed by atoms with van der Waals surface area (Å²) >= 11 is 3.23. The number of carbonyl (C=O) groups is 1. The number of nitrogens with one attached hydrogen (secondary N) is 1. The van der Waals surface area contributed by atoms with E-state index in [-0.39, 0.29) is 18.3 Å². The quantitative estimate of drug-likeness (QED) is 0.878. The minimum Gasteiger partial charge on any atom is -0.444 e. The smallest absolute Gasteiger partial charge is 0.289 e. The Labute approximate surface area is 133 Å². The van der Waals surface area contributed by atoms with Crippen molar-refractivity contribution in [1.29, 1.82) is 0 Å². The summed E-state index contributed by atoms with van der Waals surface area (Å²) in [5.41, 5.74) is 0. The molecule has 2 saturated heterocycles. The van der Waals surface area contributed by atoms with Gasteiger partial charge in [0.15, 0.2) is 10.4 Å². The van der Waals surface area contributed by atoms with E-state index in [2.05, 4.69) is 21.2 Å². The number of likely N-dealkylation sites (tertiary alicyclic amines) is 1. The fourth-order valence-electron chi connectivity index (χ4n) is 3.20. The second-order valence-electron chi connectivity index (χ2n) is 5.44. The Kier molecular flexibility index (Phi) is 5.52. The van der Waals surface area contributed by atoms with Crippen LogP contribution in [0.1, 0.15) is 36.2 Å². The first-order valence-corrected chi connectivity index (χ1v) is 7.81. The van der Waals surface area contributed by atoms with Gasteiger partial charge in [-0.05, 0) is 66.2 Å². The van der Waals surface area contributed by atoms with Gasteiger partial charge in [-0.1, -0.05) is 0 Å². The van der Waals surface area contributed by atoms with Crippen molar-refractivity contribution in [3.8, 4) is 0 Å². The van der Waals surface area contributed by atoms with Crippen molar-refractivity contribution in [3.63, 3.8) is 0 Å². The Hall–Kier alpha value is -0.520. The zero-order valence-electron chi connectivity index (χ0n) is 11.3. The standard InChI is InChI=1S/C14H19BrN2O2.ClH/c15-13-4-3-12(19-13)14(18)17-8-5-10(6-9-17)11-2-1-7-16-11;/h3-4,10-11,16H,1-2,5-9H2;1H. The zero-order chi connectivity index (χ0) is 13.2. The predicted octanol–water partition coefficient (Wildman–Crippen LogP) is 3.07. The SMILES string of the molecule is Cl.O=C(c1ccc(Br)o1)N1CCC(C2CCCN2)CC1. The minimum absolute atomic E-state index is 0. The third-order valence-corrected chi connectivity index (χ3v) is 4.70. The molecule has 0 aromatic carbocycles. The van der Waals surface area contributed by atoms with Gasteiger partial charge in [-0.15, -0.1) is 12.4 Å². The second-order valence-corrected chi connectivity index (χ2v) is 6.22. The largest absolute Gasteiger partial charge is 0.444 e. The van der Waals surface area contributed by atoms with E-state index in [4.69, 9.17) is 4.42 Å². The molecular formula is C14H20BrClN2O2. The number of nitrogens with zero attached hydrogens (tertiary/aromatic N) is 1. The highest BCUT2D eigenvalue weighted by Crippen LogP contribution is 2.26. The van der Waals surface area contributed by atoms with Crippen LogP contribution in [-0.2, 0) is 0 Å². The average molecular weight is 364 g/mol. The van der Waals surface area contributed by atoms with Crippen LogP contribution in [0.5, 0.6) is 0 Å². The molecule has 0 saturated carbocycles. The van der Waals surface area contributed by atoms with E-state index in [9.17, 15) is 4.79 Å². The van der Waals surface area contributed by atoms with Crippen molar-refractivity contribution in [2.24, 2.45) is 5.92 Å². The summed E-state index contributed by atoms with van der Waals surface area (Å²) in [6.45, 7) is 2.85. The molecule has 20 heavy (non-hydrogen) atoms. The van der Waals surface area contributed by atoms with Crippen molar-refractivity contribution in [3.05, 3.63) is 22.6 Å². The van der Waals surface area contributed by atoms with Gasteiger partial charge in [-0.25, -0.2) is 0 Å². The third kappa shape index (κ3) is 3.38. The van der Waals surface area contributed by atoms with E-state index in [0.717, 1.165) is 38.4 Å². The van der Waals surface area contributed by atoms with Gasteiger partial charge in [0.25, 0.3) is 5.91 Å². The molecule has 1 amide bonds. The summed E-state index contributed by atoms with van der Waals surface area (Å²) in [4.78, 5) is 14.2. The number of amides is 1. The Morgan fingerprint density at radius 1 is 1.30 bits per heavy atom. The van der Waals surface area contributed by atoms with E-state index in [1.54, 1.807) is 12.1 Å². The molecule has 2 aliphatic rings. The predicted molar refractivity (Wildman–Crippen MR) is 83.3 cm³/mol. The molecule has 4 nitrogen and oxygen atoms in total. The van der Waals surface area contributed by atoms with E-state index < -0.39 is 0 Å². The molecule has 0 bridgehead atoms. The molecule has 2 aliphatic heterocycles. The summed E-state index contributed by atoms with van der Waals surface area (Å²) in [7, 11) is 0. The Morgan fingerprint density at radius 3 is 2.60 bits per heavy atom. The van der Waals surface area contributed by atoms with Crippen LogP contribution < -0.4 is 5.32 Å². The van der Waals surface area contributed by atoms with Crippen LogP contribution in [-0.4, -0.2) is 36.5 Å². The summed E-state index contributed by atoms with van der Waals surface area (Å²) in [5, 5.41) is 3.58. The van der Waals surface area contributed by atoms with Gasteiger partial charge >= 0.3 is 0 Å². The monoisotopic (exact) mass is 362 g/mol. The summed E-state index contributed by atoms with van der Waals surface area (Å²) in [5.74, 6) is 1.18. The number of halogens is 2. The van der Waals surface area contributed by atoms with E-state index >= 15 is 0 Å². The molecule has 6 heteroatoms. The maximum Gasteiger partial charge on any atom is 0.289 e. The molecule has 2 fully saturated rings. The lowest BCUT2D eigenvalue weighted by atomic mass is 9.88. The fourth-order valence-corrected chi connectivity index (χ4v) is 3.51. The second kappa shape index (κ2) is 6.96. The average Bonchev–Trinajstić information content (AvgIpc) is 3.09. The van der Waals surface area contributed by atoms with Crippen molar-refractivity contribution < 1.29 is 9.21 Å². The normalized spacial score (nSPS) is 23.6. The first kappa shape index (κ1) is 15.9. The first-order chi connectivity index (χ1) is 9.24. The van der Waals surface area contributed by atoms with Gasteiger partial charge < -0.3 is 14.6 Å². The van der Waals surface area contributed by atoms with Crippen LogP contribution in [0, 0.1) is 5.92 Å². The van der Waals surface area contributed by atoms with E-state index in [1.807, 2.05) is 4.90 Å². The fraction of sp³-hybridized carbons (Fsp3) is 0.643. The van der Waals surface area contributed by atoms with Crippen LogP contribution in [0.2, 0.25) is 0 Å². The van der Waals surface area contributed by atoms with Crippen LogP contribution in [0.4, 0.5) is 0 Å². The van der Waals surface area contributed by atoms with Crippen LogP contribution in [0.25, 0.3) is 0 Å². The number of rotatable bonds is 2. The molecule has 1 unspecified atom stereocenters. The lowest BCUT2D eigenvalue weighted by molar-refractivity contribution is 0.0641. The van der Waals surface area contributed by atoms with Crippen LogP contribution in [0.3, 0.4) is 0 Å². The number of hydrogen-bond acceptors (Lipinski definition) is 3. The molecule has 1 N–H and O–H groups in total. The topological polar surface area (TPSA) is 45.5 Å². The third-order valence-electron chi connectivity index (χ3n) is 4.28. The molecule has 3 rings (SSSR count). The van der Waals surface area contributed by atoms with Crippen molar-refractivity contribution in [2.45, 2.75) is 31.7 Å². The van der Waals surface area contributed by atoms with Crippen molar-refractivity contribution in [1.82, 2.24) is 10.2 Å². The molecule has 1 atom stereocenters. The zero-order valence-corrected chi connectivity index (χ0v) is 13.7. The lowest BCUT2D eigenvalue weighted by Crippen LogP contribution is -2.43. The van der Waals surface area contributed by atoms with Gasteiger partial charge in [-0.3, -0.25) is 4.79 Å². The number of hydrogen-bond donors (Lipinski definition) is 1. The molecule has 112 valence electrons. The number of carbonyl (C=O) groups excluding carboxylic acids is 1. The molecular weight excluding hydrogens is 344 g/mol. The minimum atomic E-state index is 0. The van der Waals surface area contributed by atoms with Gasteiger partial charge in [0.2, 0.25) is 0 Å². The Bertz CT molecular complexity index is 452. The summed E-state index contributed by atoms with van der Waals surface area (Å²) in [6, 6.07) is 4.18. The van der Waals surface area contributed by atoms with Crippen molar-refractivity contribution in [2.75, 3.05) is 19.6 Å². The van der Waals surface area contributed by atoms with Gasteiger partial charge in [0, 0.05) is 19.1 Å². The van der Waals surface area contributed by atoms with E-state index in [0.29, 0.717) is 16.5 Å². The number of furan rings is 1. The molecule has 1 aromatic heterocycles. The van der Waals surface area contributed by atoms with Gasteiger partial charge in [0.1, 0.15) is 0 Å². The highest BCUT2D eigenvalue weighted by atomic mass is 79.9. The van der Waals surface area contributed by atoms with Gasteiger partial charge in [0.05, 0.1) is 0 Å². The first-order valence-electron chi connectivity index (χ1n) is 7.02. The van der Waals surface area contributed by atoms with Crippen LogP contribution in [0.15, 0.2) is 21.2 Å². The molecule has 1 aromatic rings. The van der Waals surface area contributed by atoms with E-state index in [1.165, 1.54) is 12.8 Å². The molecule has 0 spiro atoms.